The number of ether oxygens (including phenoxy) is 2. The summed E-state index contributed by atoms with van der Waals surface area (Å²) < 4.78 is 11.9. The van der Waals surface area contributed by atoms with Crippen molar-refractivity contribution in [1.29, 1.82) is 0 Å². The Balaban J connectivity index is 1.41. The van der Waals surface area contributed by atoms with E-state index in [1.54, 1.807) is 31.5 Å². The van der Waals surface area contributed by atoms with Crippen LogP contribution >= 0.6 is 0 Å². The Bertz CT molecular complexity index is 1500. The van der Waals surface area contributed by atoms with Gasteiger partial charge in [0.25, 0.3) is 0 Å². The fourth-order valence-electron chi connectivity index (χ4n) is 6.11. The van der Waals surface area contributed by atoms with Gasteiger partial charge in [0.05, 0.1) is 24.2 Å². The molecular weight excluding hydrogens is 464 g/mol. The first-order valence-corrected chi connectivity index (χ1v) is 12.8. The smallest absolute Gasteiger partial charge is 0.338 e. The second kappa shape index (κ2) is 9.52. The van der Waals surface area contributed by atoms with Gasteiger partial charge in [0, 0.05) is 23.7 Å². The van der Waals surface area contributed by atoms with Gasteiger partial charge in [0.2, 0.25) is 0 Å². The highest BCUT2D eigenvalue weighted by molar-refractivity contribution is 5.96. The van der Waals surface area contributed by atoms with E-state index >= 15 is 0 Å². The molecule has 3 fully saturated rings. The molecule has 3 saturated heterocycles. The van der Waals surface area contributed by atoms with E-state index in [-0.39, 0.29) is 17.8 Å². The summed E-state index contributed by atoms with van der Waals surface area (Å²) in [5.74, 6) is 1.57. The number of carbonyl (C=O) groups is 1. The zero-order valence-corrected chi connectivity index (χ0v) is 20.8. The number of esters is 1. The minimum atomic E-state index is -0.464. The first-order valence-electron chi connectivity index (χ1n) is 12.8. The number of piperidine rings is 3. The Labute approximate surface area is 216 Å². The topological polar surface area (TPSA) is 71.9 Å². The Morgan fingerprint density at radius 2 is 1.97 bits per heavy atom. The predicted molar refractivity (Wildman–Crippen MR) is 144 cm³/mol. The molecule has 6 heteroatoms. The van der Waals surface area contributed by atoms with Crippen LogP contribution in [0.3, 0.4) is 0 Å². The second-order valence-electron chi connectivity index (χ2n) is 10.1. The molecule has 3 aliphatic rings. The van der Waals surface area contributed by atoms with E-state index in [0.717, 1.165) is 58.9 Å². The van der Waals surface area contributed by atoms with Gasteiger partial charge in [0.1, 0.15) is 17.6 Å². The third-order valence-electron chi connectivity index (χ3n) is 8.09. The van der Waals surface area contributed by atoms with Gasteiger partial charge in [-0.15, -0.1) is 6.58 Å². The molecule has 7 rings (SSSR count). The van der Waals surface area contributed by atoms with Crippen molar-refractivity contribution in [3.63, 3.8) is 0 Å². The summed E-state index contributed by atoms with van der Waals surface area (Å²) in [6, 6.07) is 18.4. The average molecular weight is 495 g/mol. The third kappa shape index (κ3) is 4.31. The van der Waals surface area contributed by atoms with E-state index in [0.29, 0.717) is 17.4 Å². The molecule has 188 valence electrons. The number of fused-ring (bicyclic) bond motifs is 5. The van der Waals surface area contributed by atoms with Crippen LogP contribution in [0.4, 0.5) is 0 Å². The zero-order valence-electron chi connectivity index (χ0n) is 20.8. The number of phenols is 1. The van der Waals surface area contributed by atoms with E-state index < -0.39 is 6.10 Å². The number of pyridine rings is 1. The van der Waals surface area contributed by atoms with Crippen LogP contribution in [-0.2, 0) is 4.74 Å². The number of nitrogens with zero attached hydrogens (tertiary/aromatic N) is 2. The molecule has 4 aromatic rings. The van der Waals surface area contributed by atoms with E-state index in [2.05, 4.69) is 22.5 Å². The maximum absolute atomic E-state index is 13.6. The number of methoxy groups -OCH3 is 1. The van der Waals surface area contributed by atoms with Crippen LogP contribution in [0.5, 0.6) is 11.5 Å². The van der Waals surface area contributed by atoms with Crippen molar-refractivity contribution in [2.24, 2.45) is 11.8 Å². The summed E-state index contributed by atoms with van der Waals surface area (Å²) in [6.45, 7) is 5.97. The molecule has 3 aliphatic heterocycles. The summed E-state index contributed by atoms with van der Waals surface area (Å²) in [5.41, 5.74) is 2.26. The highest BCUT2D eigenvalue weighted by Crippen LogP contribution is 2.44. The third-order valence-corrected chi connectivity index (χ3v) is 8.09. The quantitative estimate of drug-likeness (QED) is 0.266. The van der Waals surface area contributed by atoms with Crippen LogP contribution in [0.1, 0.15) is 34.9 Å². The van der Waals surface area contributed by atoms with Crippen molar-refractivity contribution in [3.8, 4) is 11.5 Å². The lowest BCUT2D eigenvalue weighted by Crippen LogP contribution is -2.55. The molecule has 6 nitrogen and oxygen atoms in total. The zero-order chi connectivity index (χ0) is 25.5. The first kappa shape index (κ1) is 23.5. The molecule has 1 unspecified atom stereocenters. The lowest BCUT2D eigenvalue weighted by atomic mass is 9.73. The minimum absolute atomic E-state index is 0.0631. The standard InChI is InChI=1S/C31H30N2O4/c1-3-19-18-33-13-11-22(19)16-29(33)30(26-10-12-32-28-9-8-25(36-2)17-27(26)28)37-31(35)23-5-4-21-15-24(34)7-6-20(21)14-23/h3-10,12,14-15,17,19,22,29-30,34H,1,11,13,16,18H2,2H3/t19-,22-,29+,30-/m0/s1. The highest BCUT2D eigenvalue weighted by atomic mass is 16.5. The Morgan fingerprint density at radius 1 is 1.14 bits per heavy atom. The van der Waals surface area contributed by atoms with Gasteiger partial charge >= 0.3 is 5.97 Å². The molecule has 1 aromatic heterocycles. The molecule has 1 N–H and O–H groups in total. The number of carbonyl (C=O) groups excluding carboxylic acids is 1. The summed E-state index contributed by atoms with van der Waals surface area (Å²) in [6.07, 6.45) is 5.48. The maximum Gasteiger partial charge on any atom is 0.338 e. The van der Waals surface area contributed by atoms with Gasteiger partial charge < -0.3 is 14.6 Å². The van der Waals surface area contributed by atoms with E-state index in [4.69, 9.17) is 9.47 Å². The van der Waals surface area contributed by atoms with Crippen LogP contribution in [0.25, 0.3) is 21.7 Å². The van der Waals surface area contributed by atoms with E-state index in [1.807, 2.05) is 42.5 Å². The van der Waals surface area contributed by atoms with Crippen molar-refractivity contribution < 1.29 is 19.4 Å². The molecule has 0 aliphatic carbocycles. The molecule has 4 heterocycles. The molecule has 0 saturated carbocycles. The van der Waals surface area contributed by atoms with Gasteiger partial charge in [-0.3, -0.25) is 9.88 Å². The number of benzene rings is 3. The Kier molecular flexibility index (Phi) is 6.05. The molecule has 0 radical (unpaired) electrons. The minimum Gasteiger partial charge on any atom is -0.508 e. The molecular formula is C31H30N2O4. The molecule has 0 amide bonds. The van der Waals surface area contributed by atoms with Crippen molar-refractivity contribution in [1.82, 2.24) is 9.88 Å². The molecule has 2 bridgehead atoms. The number of phenolic OH excluding ortho intramolecular Hbond substituents is 1. The summed E-state index contributed by atoms with van der Waals surface area (Å²) in [5, 5.41) is 12.5. The molecule has 37 heavy (non-hydrogen) atoms. The largest absolute Gasteiger partial charge is 0.508 e. The number of rotatable bonds is 6. The Morgan fingerprint density at radius 3 is 2.76 bits per heavy atom. The van der Waals surface area contributed by atoms with Crippen LogP contribution in [0, 0.1) is 11.8 Å². The number of hydrogen-bond donors (Lipinski definition) is 1. The number of aromatic nitrogens is 1. The Hall–Kier alpha value is -3.90. The van der Waals surface area contributed by atoms with Gasteiger partial charge in [0.15, 0.2) is 0 Å². The van der Waals surface area contributed by atoms with Gasteiger partial charge in [-0.1, -0.05) is 18.2 Å². The van der Waals surface area contributed by atoms with E-state index in [9.17, 15) is 9.90 Å². The fourth-order valence-corrected chi connectivity index (χ4v) is 6.11. The van der Waals surface area contributed by atoms with Gasteiger partial charge in [-0.2, -0.15) is 0 Å². The van der Waals surface area contributed by atoms with E-state index in [1.165, 1.54) is 0 Å². The predicted octanol–water partition coefficient (Wildman–Crippen LogP) is 5.90. The second-order valence-corrected chi connectivity index (χ2v) is 10.1. The van der Waals surface area contributed by atoms with Crippen LogP contribution in [0.2, 0.25) is 0 Å². The normalized spacial score (nSPS) is 23.6. The molecule has 0 spiro atoms. The molecule has 3 aromatic carbocycles. The van der Waals surface area contributed by atoms with Gasteiger partial charge in [-0.05, 0) is 90.5 Å². The van der Waals surface area contributed by atoms with Crippen molar-refractivity contribution in [3.05, 3.63) is 90.6 Å². The van der Waals surface area contributed by atoms with Gasteiger partial charge in [-0.25, -0.2) is 4.79 Å². The molecule has 5 atom stereocenters. The summed E-state index contributed by atoms with van der Waals surface area (Å²) in [7, 11) is 1.65. The van der Waals surface area contributed by atoms with Crippen molar-refractivity contribution in [2.75, 3.05) is 20.2 Å². The SMILES string of the molecule is C=C[C@H]1CN2CC[C@H]1C[C@@H]2[C@@H](OC(=O)c1ccc2cc(O)ccc2c1)c1ccnc2ccc(OC)cc12. The van der Waals surface area contributed by atoms with Crippen LogP contribution in [-0.4, -0.2) is 47.2 Å². The van der Waals surface area contributed by atoms with Crippen LogP contribution in [0.15, 0.2) is 79.5 Å². The average Bonchev–Trinajstić information content (AvgIpc) is 2.95. The lowest BCUT2D eigenvalue weighted by molar-refractivity contribution is -0.0568. The fraction of sp³-hybridized carbons (Fsp3) is 0.290. The summed E-state index contributed by atoms with van der Waals surface area (Å²) in [4.78, 5) is 20.6. The monoisotopic (exact) mass is 494 g/mol. The summed E-state index contributed by atoms with van der Waals surface area (Å²) >= 11 is 0. The van der Waals surface area contributed by atoms with Crippen molar-refractivity contribution >= 4 is 27.6 Å². The lowest BCUT2D eigenvalue weighted by Gasteiger charge is -2.51. The highest BCUT2D eigenvalue weighted by Gasteiger charge is 2.44. The number of hydrogen-bond acceptors (Lipinski definition) is 6. The first-order chi connectivity index (χ1) is 18.0. The van der Waals surface area contributed by atoms with Crippen LogP contribution < -0.4 is 4.74 Å². The maximum atomic E-state index is 13.6. The van der Waals surface area contributed by atoms with Crippen molar-refractivity contribution in [2.45, 2.75) is 25.0 Å². The number of aromatic hydroxyl groups is 1.